The number of hydrogen-bond acceptors (Lipinski definition) is 4. The van der Waals surface area contributed by atoms with E-state index in [-0.39, 0.29) is 11.9 Å². The van der Waals surface area contributed by atoms with Crippen molar-refractivity contribution >= 4 is 23.1 Å². The highest BCUT2D eigenvalue weighted by Gasteiger charge is 2.18. The molecule has 110 valence electrons. The first-order valence-corrected chi connectivity index (χ1v) is 6.83. The zero-order chi connectivity index (χ0) is 15.4. The summed E-state index contributed by atoms with van der Waals surface area (Å²) in [7, 11) is 1.93. The number of nitrogens with zero attached hydrogens (tertiary/aromatic N) is 3. The molecule has 1 aromatic heterocycles. The predicted octanol–water partition coefficient (Wildman–Crippen LogP) is 3.03. The summed E-state index contributed by atoms with van der Waals surface area (Å²) in [6.45, 7) is 2.05. The summed E-state index contributed by atoms with van der Waals surface area (Å²) >= 11 is 6.04. The van der Waals surface area contributed by atoms with E-state index in [0.29, 0.717) is 10.7 Å². The minimum atomic E-state index is -0.0178. The largest absolute Gasteiger partial charge is 0.409 e. The Morgan fingerprint density at radius 3 is 2.81 bits per heavy atom. The third-order valence-corrected chi connectivity index (χ3v) is 3.66. The molecule has 0 aliphatic carbocycles. The number of nitrogens with two attached hydrogens (primary N) is 1. The lowest BCUT2D eigenvalue weighted by molar-refractivity contribution is 0.318. The Kier molecular flexibility index (Phi) is 4.65. The lowest BCUT2D eigenvalue weighted by Crippen LogP contribution is -2.26. The molecule has 1 atom stereocenters. The van der Waals surface area contributed by atoms with Gasteiger partial charge in [0, 0.05) is 18.3 Å². The topological polar surface area (TPSA) is 74.7 Å². The molecule has 0 saturated heterocycles. The highest BCUT2D eigenvalue weighted by molar-refractivity contribution is 6.30. The molecule has 1 unspecified atom stereocenters. The average Bonchev–Trinajstić information content (AvgIpc) is 2.52. The first-order chi connectivity index (χ1) is 10.0. The van der Waals surface area contributed by atoms with Crippen LogP contribution in [0.1, 0.15) is 24.2 Å². The van der Waals surface area contributed by atoms with Crippen molar-refractivity contribution in [2.45, 2.75) is 13.0 Å². The maximum atomic E-state index is 8.87. The van der Waals surface area contributed by atoms with E-state index in [2.05, 4.69) is 17.1 Å². The maximum Gasteiger partial charge on any atom is 0.190 e. The zero-order valence-electron chi connectivity index (χ0n) is 11.9. The summed E-state index contributed by atoms with van der Waals surface area (Å²) in [6, 6.07) is 11.4. The van der Waals surface area contributed by atoms with E-state index in [4.69, 9.17) is 22.5 Å². The van der Waals surface area contributed by atoms with Gasteiger partial charge in [-0.05, 0) is 36.8 Å². The number of pyridine rings is 1. The second-order valence-electron chi connectivity index (χ2n) is 4.70. The van der Waals surface area contributed by atoms with Crippen molar-refractivity contribution in [2.24, 2.45) is 10.9 Å². The molecule has 3 N–H and O–H groups in total. The fraction of sp³-hybridized carbons (Fsp3) is 0.200. The van der Waals surface area contributed by atoms with Crippen molar-refractivity contribution in [2.75, 3.05) is 11.9 Å². The van der Waals surface area contributed by atoms with Crippen LogP contribution in [0.4, 0.5) is 5.69 Å². The standard InChI is InChI=1S/C15H17ClN4O/c1-10(11-5-3-6-12(16)9-11)20(2)13-7-4-8-18-14(13)15(17)19-21/h3-10,21H,1-2H3,(H2,17,19). The molecule has 1 aromatic carbocycles. The van der Waals surface area contributed by atoms with Crippen LogP contribution in [0.3, 0.4) is 0 Å². The van der Waals surface area contributed by atoms with E-state index in [1.165, 1.54) is 0 Å². The molecule has 2 rings (SSSR count). The molecule has 5 nitrogen and oxygen atoms in total. The Labute approximate surface area is 128 Å². The minimum Gasteiger partial charge on any atom is -0.409 e. The third kappa shape index (κ3) is 3.25. The van der Waals surface area contributed by atoms with E-state index in [1.807, 2.05) is 48.3 Å². The van der Waals surface area contributed by atoms with Crippen LogP contribution >= 0.6 is 11.6 Å². The monoisotopic (exact) mass is 304 g/mol. The smallest absolute Gasteiger partial charge is 0.190 e. The molecule has 0 aliphatic heterocycles. The van der Waals surface area contributed by atoms with Gasteiger partial charge in [0.15, 0.2) is 5.84 Å². The van der Waals surface area contributed by atoms with Crippen molar-refractivity contribution in [3.05, 3.63) is 58.9 Å². The number of amidine groups is 1. The van der Waals surface area contributed by atoms with Crippen molar-refractivity contribution in [1.82, 2.24) is 4.98 Å². The minimum absolute atomic E-state index is 0.0178. The highest BCUT2D eigenvalue weighted by atomic mass is 35.5. The average molecular weight is 305 g/mol. The Morgan fingerprint density at radius 1 is 1.38 bits per heavy atom. The maximum absolute atomic E-state index is 8.87. The van der Waals surface area contributed by atoms with Crippen LogP contribution in [0.25, 0.3) is 0 Å². The number of anilines is 1. The highest BCUT2D eigenvalue weighted by Crippen LogP contribution is 2.28. The van der Waals surface area contributed by atoms with Gasteiger partial charge in [0.05, 0.1) is 11.7 Å². The Balaban J connectivity index is 2.38. The molecule has 0 aliphatic rings. The molecule has 0 bridgehead atoms. The van der Waals surface area contributed by atoms with Crippen LogP contribution in [-0.4, -0.2) is 23.1 Å². The van der Waals surface area contributed by atoms with Gasteiger partial charge in [-0.1, -0.05) is 28.9 Å². The fourth-order valence-electron chi connectivity index (χ4n) is 2.12. The summed E-state index contributed by atoms with van der Waals surface area (Å²) in [5, 5.41) is 12.6. The molecule has 21 heavy (non-hydrogen) atoms. The number of oxime groups is 1. The van der Waals surface area contributed by atoms with E-state index in [9.17, 15) is 0 Å². The molecule has 0 amide bonds. The van der Waals surface area contributed by atoms with Gasteiger partial charge in [-0.15, -0.1) is 0 Å². The Morgan fingerprint density at radius 2 is 2.14 bits per heavy atom. The SMILES string of the molecule is CC(c1cccc(Cl)c1)N(C)c1cccnc1/C(N)=N/O. The van der Waals surface area contributed by atoms with Gasteiger partial charge in [-0.3, -0.25) is 4.98 Å². The van der Waals surface area contributed by atoms with Crippen LogP contribution in [0, 0.1) is 0 Å². The van der Waals surface area contributed by atoms with Crippen molar-refractivity contribution < 1.29 is 5.21 Å². The first-order valence-electron chi connectivity index (χ1n) is 6.45. The van der Waals surface area contributed by atoms with Gasteiger partial charge in [0.25, 0.3) is 0 Å². The molecule has 6 heteroatoms. The van der Waals surface area contributed by atoms with Crippen LogP contribution in [-0.2, 0) is 0 Å². The molecule has 0 spiro atoms. The molecular weight excluding hydrogens is 288 g/mol. The number of hydrogen-bond donors (Lipinski definition) is 2. The fourth-order valence-corrected chi connectivity index (χ4v) is 2.32. The number of rotatable bonds is 4. The second kappa shape index (κ2) is 6.45. The van der Waals surface area contributed by atoms with Crippen molar-refractivity contribution in [3.8, 4) is 0 Å². The predicted molar refractivity (Wildman–Crippen MR) is 85.0 cm³/mol. The van der Waals surface area contributed by atoms with E-state index < -0.39 is 0 Å². The second-order valence-corrected chi connectivity index (χ2v) is 5.13. The van der Waals surface area contributed by atoms with E-state index in [0.717, 1.165) is 11.3 Å². The molecule has 2 aromatic rings. The van der Waals surface area contributed by atoms with Crippen molar-refractivity contribution in [3.63, 3.8) is 0 Å². The Hall–Kier alpha value is -2.27. The van der Waals surface area contributed by atoms with E-state index >= 15 is 0 Å². The summed E-state index contributed by atoms with van der Waals surface area (Å²) in [5.41, 5.74) is 7.97. The molecule has 0 radical (unpaired) electrons. The molecule has 1 heterocycles. The van der Waals surface area contributed by atoms with Gasteiger partial charge < -0.3 is 15.8 Å². The zero-order valence-corrected chi connectivity index (χ0v) is 12.6. The van der Waals surface area contributed by atoms with Crippen LogP contribution in [0.2, 0.25) is 5.02 Å². The first kappa shape index (κ1) is 15.1. The summed E-state index contributed by atoms with van der Waals surface area (Å²) in [5.74, 6) is -0.0178. The van der Waals surface area contributed by atoms with E-state index in [1.54, 1.807) is 6.20 Å². The van der Waals surface area contributed by atoms with Gasteiger partial charge >= 0.3 is 0 Å². The van der Waals surface area contributed by atoms with Gasteiger partial charge in [0.1, 0.15) is 5.69 Å². The number of aromatic nitrogens is 1. The number of halogens is 1. The third-order valence-electron chi connectivity index (χ3n) is 3.43. The normalized spacial score (nSPS) is 13.0. The quantitative estimate of drug-likeness (QED) is 0.394. The summed E-state index contributed by atoms with van der Waals surface area (Å²) in [4.78, 5) is 6.19. The summed E-state index contributed by atoms with van der Waals surface area (Å²) < 4.78 is 0. The van der Waals surface area contributed by atoms with Crippen LogP contribution in [0.15, 0.2) is 47.8 Å². The molecular formula is C15H17ClN4O. The lowest BCUT2D eigenvalue weighted by atomic mass is 10.1. The van der Waals surface area contributed by atoms with Crippen LogP contribution < -0.4 is 10.6 Å². The van der Waals surface area contributed by atoms with Gasteiger partial charge in [-0.2, -0.15) is 0 Å². The molecule has 0 saturated carbocycles. The van der Waals surface area contributed by atoms with Crippen molar-refractivity contribution in [1.29, 1.82) is 0 Å². The number of benzene rings is 1. The van der Waals surface area contributed by atoms with Gasteiger partial charge in [0.2, 0.25) is 0 Å². The lowest BCUT2D eigenvalue weighted by Gasteiger charge is -2.28. The Bertz CT molecular complexity index is 660. The molecule has 0 fully saturated rings. The van der Waals surface area contributed by atoms with Crippen LogP contribution in [0.5, 0.6) is 0 Å². The van der Waals surface area contributed by atoms with Gasteiger partial charge in [-0.25, -0.2) is 0 Å². The summed E-state index contributed by atoms with van der Waals surface area (Å²) in [6.07, 6.45) is 1.61.